The van der Waals surface area contributed by atoms with Crippen molar-refractivity contribution in [3.8, 4) is 0 Å². The zero-order valence-electron chi connectivity index (χ0n) is 18.4. The number of carboxylic acids is 1. The van der Waals surface area contributed by atoms with Gasteiger partial charge < -0.3 is 10.0 Å². The van der Waals surface area contributed by atoms with Gasteiger partial charge in [0.05, 0.1) is 10.3 Å². The van der Waals surface area contributed by atoms with Crippen LogP contribution in [0.25, 0.3) is 10.2 Å². The summed E-state index contributed by atoms with van der Waals surface area (Å²) in [6, 6.07) is 0. The summed E-state index contributed by atoms with van der Waals surface area (Å²) >= 11 is 0.952. The number of nitrogens with zero attached hydrogens (tertiary/aromatic N) is 3. The van der Waals surface area contributed by atoms with Crippen LogP contribution >= 0.6 is 11.3 Å². The molecule has 0 radical (unpaired) electrons. The second-order valence-electron chi connectivity index (χ2n) is 8.27. The van der Waals surface area contributed by atoms with E-state index in [1.54, 1.807) is 18.7 Å². The van der Waals surface area contributed by atoms with Crippen LogP contribution in [0.1, 0.15) is 54.3 Å². The van der Waals surface area contributed by atoms with Gasteiger partial charge in [0.2, 0.25) is 0 Å². The second kappa shape index (κ2) is 9.70. The number of hydrogen-bond acceptors (Lipinski definition) is 5. The summed E-state index contributed by atoms with van der Waals surface area (Å²) < 4.78 is 40.1. The molecule has 0 unspecified atom stereocenters. The zero-order valence-corrected chi connectivity index (χ0v) is 19.2. The molecule has 0 spiro atoms. The normalized spacial score (nSPS) is 15.4. The molecule has 33 heavy (non-hydrogen) atoms. The molecule has 12 heteroatoms. The summed E-state index contributed by atoms with van der Waals surface area (Å²) in [6.45, 7) is 3.80. The Labute approximate surface area is 191 Å². The van der Waals surface area contributed by atoms with Gasteiger partial charge in [-0.3, -0.25) is 23.5 Å². The van der Waals surface area contributed by atoms with Crippen molar-refractivity contribution in [3.63, 3.8) is 0 Å². The van der Waals surface area contributed by atoms with Crippen molar-refractivity contribution in [3.05, 3.63) is 31.3 Å². The first-order valence-corrected chi connectivity index (χ1v) is 11.6. The standard InChI is InChI=1S/C21H26F3N3O5S/c1-3-26-17(30)15-12(2)16(18(31)25-9-5-13(6-10-25)11-14(28)29)33-19(15)27(20(26)32)8-4-7-21(22,23)24/h13H,3-11H2,1-2H3,(H,28,29). The summed E-state index contributed by atoms with van der Waals surface area (Å²) in [5.41, 5.74) is -0.839. The first-order valence-electron chi connectivity index (χ1n) is 10.8. The number of alkyl halides is 3. The van der Waals surface area contributed by atoms with Gasteiger partial charge in [-0.2, -0.15) is 13.2 Å². The Morgan fingerprint density at radius 3 is 2.33 bits per heavy atom. The lowest BCUT2D eigenvalue weighted by molar-refractivity contribution is -0.138. The van der Waals surface area contributed by atoms with Gasteiger partial charge in [0, 0.05) is 39.0 Å². The summed E-state index contributed by atoms with van der Waals surface area (Å²) in [6.07, 6.45) is -4.60. The van der Waals surface area contributed by atoms with E-state index in [0.29, 0.717) is 31.5 Å². The predicted octanol–water partition coefficient (Wildman–Crippen LogP) is 3.22. The number of aromatic nitrogens is 2. The third-order valence-electron chi connectivity index (χ3n) is 6.01. The minimum absolute atomic E-state index is 0.00868. The van der Waals surface area contributed by atoms with Gasteiger partial charge in [0.15, 0.2) is 0 Å². The van der Waals surface area contributed by atoms with Crippen LogP contribution in [-0.4, -0.2) is 50.3 Å². The number of carboxylic acid groups (broad SMARTS) is 1. The second-order valence-corrected chi connectivity index (χ2v) is 9.27. The van der Waals surface area contributed by atoms with Crippen molar-refractivity contribution in [2.24, 2.45) is 5.92 Å². The average Bonchev–Trinajstić information content (AvgIpc) is 3.07. The highest BCUT2D eigenvalue weighted by Crippen LogP contribution is 2.31. The molecule has 0 aromatic carbocycles. The first kappa shape index (κ1) is 25.0. The maximum absolute atomic E-state index is 13.2. The number of rotatable bonds is 7. The van der Waals surface area contributed by atoms with E-state index in [9.17, 15) is 32.3 Å². The Hall–Kier alpha value is -2.63. The molecular formula is C21H26F3N3O5S. The topological polar surface area (TPSA) is 102 Å². The highest BCUT2D eigenvalue weighted by molar-refractivity contribution is 7.20. The van der Waals surface area contributed by atoms with E-state index in [1.807, 2.05) is 0 Å². The van der Waals surface area contributed by atoms with Crippen molar-refractivity contribution in [1.82, 2.24) is 14.0 Å². The Kier molecular flexibility index (Phi) is 7.35. The largest absolute Gasteiger partial charge is 0.481 e. The summed E-state index contributed by atoms with van der Waals surface area (Å²) in [4.78, 5) is 52.0. The molecule has 1 saturated heterocycles. The SMILES string of the molecule is CCn1c(=O)c2c(C)c(C(=O)N3CCC(CC(=O)O)CC3)sc2n(CCCC(F)(F)F)c1=O. The minimum Gasteiger partial charge on any atom is -0.481 e. The van der Waals surface area contributed by atoms with Crippen LogP contribution in [0, 0.1) is 12.8 Å². The Morgan fingerprint density at radius 2 is 1.79 bits per heavy atom. The molecule has 0 saturated carbocycles. The van der Waals surface area contributed by atoms with E-state index in [1.165, 1.54) is 4.57 Å². The number of carbonyl (C=O) groups is 2. The van der Waals surface area contributed by atoms with Crippen LogP contribution in [0.2, 0.25) is 0 Å². The number of fused-ring (bicyclic) bond motifs is 1. The Balaban J connectivity index is 1.97. The summed E-state index contributed by atoms with van der Waals surface area (Å²) in [5, 5.41) is 9.14. The number of halogens is 3. The fourth-order valence-corrected chi connectivity index (χ4v) is 5.53. The van der Waals surface area contributed by atoms with Crippen molar-refractivity contribution in [2.75, 3.05) is 13.1 Å². The Morgan fingerprint density at radius 1 is 1.15 bits per heavy atom. The van der Waals surface area contributed by atoms with Crippen molar-refractivity contribution in [2.45, 2.75) is 65.2 Å². The number of carbonyl (C=O) groups excluding carboxylic acids is 1. The number of aryl methyl sites for hydroxylation is 2. The van der Waals surface area contributed by atoms with Crippen LogP contribution in [0.4, 0.5) is 13.2 Å². The minimum atomic E-state index is -4.36. The smallest absolute Gasteiger partial charge is 0.389 e. The molecule has 1 aliphatic rings. The highest BCUT2D eigenvalue weighted by Gasteiger charge is 2.30. The van der Waals surface area contributed by atoms with E-state index >= 15 is 0 Å². The number of piperidine rings is 1. The first-order chi connectivity index (χ1) is 15.4. The average molecular weight is 490 g/mol. The van der Waals surface area contributed by atoms with E-state index in [0.717, 1.165) is 15.9 Å². The molecule has 1 fully saturated rings. The molecule has 0 aliphatic carbocycles. The fourth-order valence-electron chi connectivity index (χ4n) is 4.24. The molecule has 3 heterocycles. The fraction of sp³-hybridized carbons (Fsp3) is 0.619. The predicted molar refractivity (Wildman–Crippen MR) is 117 cm³/mol. The van der Waals surface area contributed by atoms with Crippen LogP contribution in [0.15, 0.2) is 9.59 Å². The molecule has 2 aromatic heterocycles. The van der Waals surface area contributed by atoms with E-state index < -0.39 is 29.8 Å². The molecule has 1 aliphatic heterocycles. The Bertz CT molecular complexity index is 1170. The molecule has 1 N–H and O–H groups in total. The number of aliphatic carboxylic acids is 1. The van der Waals surface area contributed by atoms with Gasteiger partial charge >= 0.3 is 17.8 Å². The lowest BCUT2D eigenvalue weighted by atomic mass is 9.93. The van der Waals surface area contributed by atoms with E-state index in [-0.39, 0.29) is 52.9 Å². The molecule has 0 atom stereocenters. The van der Waals surface area contributed by atoms with Crippen molar-refractivity contribution >= 4 is 33.4 Å². The number of hydrogen-bond donors (Lipinski definition) is 1. The molecular weight excluding hydrogens is 463 g/mol. The van der Waals surface area contributed by atoms with Gasteiger partial charge in [0.1, 0.15) is 4.83 Å². The summed E-state index contributed by atoms with van der Waals surface area (Å²) in [5.74, 6) is -1.21. The van der Waals surface area contributed by atoms with Crippen molar-refractivity contribution in [1.29, 1.82) is 0 Å². The van der Waals surface area contributed by atoms with Gasteiger partial charge in [-0.1, -0.05) is 0 Å². The van der Waals surface area contributed by atoms with Gasteiger partial charge in [-0.15, -0.1) is 11.3 Å². The maximum Gasteiger partial charge on any atom is 0.389 e. The summed E-state index contributed by atoms with van der Waals surface area (Å²) in [7, 11) is 0. The zero-order chi connectivity index (χ0) is 24.5. The molecule has 2 aromatic rings. The third kappa shape index (κ3) is 5.31. The monoisotopic (exact) mass is 489 g/mol. The van der Waals surface area contributed by atoms with Gasteiger partial charge in [0.25, 0.3) is 11.5 Å². The molecule has 182 valence electrons. The molecule has 1 amide bonds. The lowest BCUT2D eigenvalue weighted by Crippen LogP contribution is -2.39. The molecule has 0 bridgehead atoms. The van der Waals surface area contributed by atoms with Gasteiger partial charge in [-0.25, -0.2) is 4.79 Å². The van der Waals surface area contributed by atoms with Crippen LogP contribution in [0.5, 0.6) is 0 Å². The van der Waals surface area contributed by atoms with Crippen LogP contribution in [0.3, 0.4) is 0 Å². The van der Waals surface area contributed by atoms with Crippen molar-refractivity contribution < 1.29 is 27.9 Å². The number of likely N-dealkylation sites (tertiary alicyclic amines) is 1. The van der Waals surface area contributed by atoms with Gasteiger partial charge in [-0.05, 0) is 44.6 Å². The van der Waals surface area contributed by atoms with Crippen LogP contribution in [-0.2, 0) is 17.9 Å². The van der Waals surface area contributed by atoms with E-state index in [2.05, 4.69) is 0 Å². The van der Waals surface area contributed by atoms with E-state index in [4.69, 9.17) is 5.11 Å². The highest BCUT2D eigenvalue weighted by atomic mass is 32.1. The number of amides is 1. The molecule has 8 nitrogen and oxygen atoms in total. The van der Waals surface area contributed by atoms with Crippen LogP contribution < -0.4 is 11.2 Å². The quantitative estimate of drug-likeness (QED) is 0.644. The molecule has 3 rings (SSSR count). The maximum atomic E-state index is 13.2. The number of thiophene rings is 1. The lowest BCUT2D eigenvalue weighted by Gasteiger charge is -2.31. The third-order valence-corrected chi connectivity index (χ3v) is 7.31.